The van der Waals surface area contributed by atoms with Gasteiger partial charge in [-0.3, -0.25) is 0 Å². The van der Waals surface area contributed by atoms with Gasteiger partial charge in [0.25, 0.3) is 6.43 Å². The average molecular weight is 258 g/mol. The zero-order valence-corrected chi connectivity index (χ0v) is 11.4. The molecule has 1 aromatic rings. The zero-order valence-electron chi connectivity index (χ0n) is 11.4. The van der Waals surface area contributed by atoms with E-state index >= 15 is 0 Å². The Bertz CT molecular complexity index is 413. The quantitative estimate of drug-likeness (QED) is 0.872. The van der Waals surface area contributed by atoms with E-state index in [4.69, 9.17) is 0 Å². The standard InChI is InChI=1S/C12H20F2N4/c1-7-9(15-5)17-11(12(2,3)4)18-10(7)16-6-8(13)14/h8H,6H2,1-5H3,(H2,15,16,17,18). The van der Waals surface area contributed by atoms with Gasteiger partial charge < -0.3 is 10.6 Å². The number of rotatable bonds is 4. The van der Waals surface area contributed by atoms with E-state index < -0.39 is 13.0 Å². The number of aromatic nitrogens is 2. The van der Waals surface area contributed by atoms with Gasteiger partial charge in [-0.15, -0.1) is 0 Å². The van der Waals surface area contributed by atoms with Crippen LogP contribution in [-0.4, -0.2) is 30.0 Å². The number of hydrogen-bond acceptors (Lipinski definition) is 4. The minimum absolute atomic E-state index is 0.236. The van der Waals surface area contributed by atoms with Crippen molar-refractivity contribution in [2.45, 2.75) is 39.5 Å². The molecule has 18 heavy (non-hydrogen) atoms. The fourth-order valence-electron chi connectivity index (χ4n) is 1.44. The molecular weight excluding hydrogens is 238 g/mol. The first kappa shape index (κ1) is 14.6. The van der Waals surface area contributed by atoms with Crippen molar-refractivity contribution in [3.8, 4) is 0 Å². The molecule has 0 radical (unpaired) electrons. The second-order valence-corrected chi connectivity index (χ2v) is 5.14. The average Bonchev–Trinajstić information content (AvgIpc) is 2.26. The molecule has 0 bridgehead atoms. The third-order valence-electron chi connectivity index (χ3n) is 2.48. The van der Waals surface area contributed by atoms with Crippen LogP contribution in [0.2, 0.25) is 0 Å². The lowest BCUT2D eigenvalue weighted by Gasteiger charge is -2.20. The fourth-order valence-corrected chi connectivity index (χ4v) is 1.44. The van der Waals surface area contributed by atoms with Gasteiger partial charge in [0.1, 0.15) is 17.5 Å². The van der Waals surface area contributed by atoms with Gasteiger partial charge in [0.05, 0.1) is 6.54 Å². The fraction of sp³-hybridized carbons (Fsp3) is 0.667. The maximum Gasteiger partial charge on any atom is 0.255 e. The molecule has 0 saturated carbocycles. The SMILES string of the molecule is CNc1nc(C(C)(C)C)nc(NCC(F)F)c1C. The van der Waals surface area contributed by atoms with Crippen molar-refractivity contribution in [2.24, 2.45) is 0 Å². The molecule has 0 amide bonds. The van der Waals surface area contributed by atoms with Crippen LogP contribution in [0.5, 0.6) is 0 Å². The van der Waals surface area contributed by atoms with Gasteiger partial charge in [-0.25, -0.2) is 18.7 Å². The molecule has 0 aromatic carbocycles. The van der Waals surface area contributed by atoms with Crippen LogP contribution in [0, 0.1) is 6.92 Å². The van der Waals surface area contributed by atoms with Gasteiger partial charge in [-0.2, -0.15) is 0 Å². The van der Waals surface area contributed by atoms with E-state index in [1.807, 2.05) is 20.8 Å². The molecule has 102 valence electrons. The number of hydrogen-bond donors (Lipinski definition) is 2. The highest BCUT2D eigenvalue weighted by atomic mass is 19.3. The lowest BCUT2D eigenvalue weighted by molar-refractivity contribution is 0.163. The molecule has 4 nitrogen and oxygen atoms in total. The maximum absolute atomic E-state index is 12.2. The zero-order chi connectivity index (χ0) is 13.9. The summed E-state index contributed by atoms with van der Waals surface area (Å²) in [5, 5.41) is 5.62. The van der Waals surface area contributed by atoms with Gasteiger partial charge in [0, 0.05) is 18.0 Å². The Hall–Kier alpha value is -1.46. The first-order valence-electron chi connectivity index (χ1n) is 5.84. The number of nitrogens with one attached hydrogen (secondary N) is 2. The number of halogens is 2. The monoisotopic (exact) mass is 258 g/mol. The third kappa shape index (κ3) is 3.51. The van der Waals surface area contributed by atoms with E-state index in [0.29, 0.717) is 17.5 Å². The molecule has 0 aliphatic carbocycles. The highest BCUT2D eigenvalue weighted by molar-refractivity contribution is 5.57. The molecule has 2 N–H and O–H groups in total. The highest BCUT2D eigenvalue weighted by Gasteiger charge is 2.21. The number of alkyl halides is 2. The number of anilines is 2. The largest absolute Gasteiger partial charge is 0.373 e. The molecule has 0 atom stereocenters. The molecule has 0 fully saturated rings. The highest BCUT2D eigenvalue weighted by Crippen LogP contribution is 2.26. The minimum atomic E-state index is -2.41. The van der Waals surface area contributed by atoms with Crippen LogP contribution in [0.25, 0.3) is 0 Å². The molecule has 1 heterocycles. The summed E-state index contributed by atoms with van der Waals surface area (Å²) < 4.78 is 24.5. The van der Waals surface area contributed by atoms with Crippen molar-refractivity contribution >= 4 is 11.6 Å². The van der Waals surface area contributed by atoms with Gasteiger partial charge in [-0.05, 0) is 6.92 Å². The van der Waals surface area contributed by atoms with Crippen molar-refractivity contribution in [1.29, 1.82) is 0 Å². The molecule has 0 saturated heterocycles. The second kappa shape index (κ2) is 5.46. The summed E-state index contributed by atoms with van der Waals surface area (Å²) in [4.78, 5) is 8.73. The summed E-state index contributed by atoms with van der Waals surface area (Å²) in [5.74, 6) is 1.74. The summed E-state index contributed by atoms with van der Waals surface area (Å²) in [5.41, 5.74) is 0.506. The molecular formula is C12H20F2N4. The Labute approximate surface area is 106 Å². The van der Waals surface area contributed by atoms with Gasteiger partial charge in [-0.1, -0.05) is 20.8 Å². The number of nitrogens with zero attached hydrogens (tertiary/aromatic N) is 2. The van der Waals surface area contributed by atoms with E-state index in [2.05, 4.69) is 20.6 Å². The summed E-state index contributed by atoms with van der Waals surface area (Å²) >= 11 is 0. The van der Waals surface area contributed by atoms with Crippen molar-refractivity contribution in [2.75, 3.05) is 24.2 Å². The summed E-state index contributed by atoms with van der Waals surface area (Å²) in [6, 6.07) is 0. The Balaban J connectivity index is 3.15. The molecule has 0 unspecified atom stereocenters. The molecule has 1 aromatic heterocycles. The van der Waals surface area contributed by atoms with Gasteiger partial charge in [0.15, 0.2) is 0 Å². The van der Waals surface area contributed by atoms with Crippen molar-refractivity contribution in [3.63, 3.8) is 0 Å². The predicted octanol–water partition coefficient (Wildman–Crippen LogP) is 2.80. The van der Waals surface area contributed by atoms with Crippen LogP contribution in [0.3, 0.4) is 0 Å². The molecule has 0 aliphatic rings. The minimum Gasteiger partial charge on any atom is -0.373 e. The summed E-state index contributed by atoms with van der Waals surface area (Å²) in [7, 11) is 1.75. The summed E-state index contributed by atoms with van der Waals surface area (Å²) in [6.45, 7) is 7.33. The van der Waals surface area contributed by atoms with E-state index in [1.54, 1.807) is 14.0 Å². The normalized spacial score (nSPS) is 11.8. The first-order valence-corrected chi connectivity index (χ1v) is 5.84. The first-order chi connectivity index (χ1) is 8.25. The van der Waals surface area contributed by atoms with Gasteiger partial charge >= 0.3 is 0 Å². The molecule has 6 heteroatoms. The lowest BCUT2D eigenvalue weighted by atomic mass is 9.95. The summed E-state index contributed by atoms with van der Waals surface area (Å²) in [6.07, 6.45) is -2.41. The van der Waals surface area contributed by atoms with Crippen molar-refractivity contribution in [3.05, 3.63) is 11.4 Å². The Morgan fingerprint density at radius 3 is 2.17 bits per heavy atom. The molecule has 0 spiro atoms. The molecule has 0 aliphatic heterocycles. The smallest absolute Gasteiger partial charge is 0.255 e. The van der Waals surface area contributed by atoms with E-state index in [9.17, 15) is 8.78 Å². The van der Waals surface area contributed by atoms with Crippen LogP contribution in [-0.2, 0) is 5.41 Å². The van der Waals surface area contributed by atoms with E-state index in [0.717, 1.165) is 5.56 Å². The van der Waals surface area contributed by atoms with Crippen LogP contribution in [0.1, 0.15) is 32.2 Å². The predicted molar refractivity (Wildman–Crippen MR) is 69.5 cm³/mol. The van der Waals surface area contributed by atoms with Gasteiger partial charge in [0.2, 0.25) is 0 Å². The van der Waals surface area contributed by atoms with Crippen LogP contribution < -0.4 is 10.6 Å². The van der Waals surface area contributed by atoms with Crippen molar-refractivity contribution in [1.82, 2.24) is 9.97 Å². The topological polar surface area (TPSA) is 49.8 Å². The lowest BCUT2D eigenvalue weighted by Crippen LogP contribution is -2.20. The second-order valence-electron chi connectivity index (χ2n) is 5.14. The third-order valence-corrected chi connectivity index (χ3v) is 2.48. The Morgan fingerprint density at radius 1 is 1.17 bits per heavy atom. The van der Waals surface area contributed by atoms with Crippen LogP contribution in [0.4, 0.5) is 20.4 Å². The van der Waals surface area contributed by atoms with Crippen molar-refractivity contribution < 1.29 is 8.78 Å². The maximum atomic E-state index is 12.2. The Kier molecular flexibility index (Phi) is 4.43. The Morgan fingerprint density at radius 2 is 1.72 bits per heavy atom. The molecule has 1 rings (SSSR count). The van der Waals surface area contributed by atoms with E-state index in [1.165, 1.54) is 0 Å². The van der Waals surface area contributed by atoms with Crippen LogP contribution in [0.15, 0.2) is 0 Å². The van der Waals surface area contributed by atoms with Crippen LogP contribution >= 0.6 is 0 Å². The van der Waals surface area contributed by atoms with E-state index in [-0.39, 0.29) is 5.41 Å².